The molecule has 0 N–H and O–H groups in total. The van der Waals surface area contributed by atoms with Crippen LogP contribution in [0.4, 0.5) is 0 Å². The van der Waals surface area contributed by atoms with Crippen molar-refractivity contribution in [3.05, 3.63) is 121 Å². The molecular formula is C31H35OP. The van der Waals surface area contributed by atoms with Gasteiger partial charge in [0.05, 0.1) is 0 Å². The van der Waals surface area contributed by atoms with Crippen molar-refractivity contribution >= 4 is 23.2 Å². The summed E-state index contributed by atoms with van der Waals surface area (Å²) in [6, 6.07) is 42.2. The van der Waals surface area contributed by atoms with Gasteiger partial charge in [-0.1, -0.05) is 0 Å². The summed E-state index contributed by atoms with van der Waals surface area (Å²) in [5.74, 6) is 0.974. The molecule has 4 rings (SSSR count). The molecule has 33 heavy (non-hydrogen) atoms. The number of unbranched alkanes of at least 4 members (excludes halogenated alkanes) is 3. The summed E-state index contributed by atoms with van der Waals surface area (Å²) in [6.07, 6.45) is 5.93. The fraction of sp³-hybridized carbons (Fsp3) is 0.226. The van der Waals surface area contributed by atoms with E-state index in [9.17, 15) is 0 Å². The molecule has 0 spiro atoms. The molecular weight excluding hydrogens is 419 g/mol. The molecule has 0 saturated heterocycles. The van der Waals surface area contributed by atoms with Gasteiger partial charge in [0.15, 0.2) is 0 Å². The first-order valence-corrected chi connectivity index (χ1v) is 14.4. The normalized spacial score (nSPS) is 11.8. The van der Waals surface area contributed by atoms with Gasteiger partial charge in [0.25, 0.3) is 0 Å². The molecule has 2 heteroatoms. The Morgan fingerprint density at radius 2 is 1.03 bits per heavy atom. The van der Waals surface area contributed by atoms with Crippen molar-refractivity contribution in [2.24, 2.45) is 0 Å². The van der Waals surface area contributed by atoms with Gasteiger partial charge in [0.1, 0.15) is 0 Å². The molecule has 1 nitrogen and oxygen atoms in total. The van der Waals surface area contributed by atoms with Gasteiger partial charge in [0, 0.05) is 0 Å². The van der Waals surface area contributed by atoms with Crippen molar-refractivity contribution in [1.82, 2.24) is 0 Å². The van der Waals surface area contributed by atoms with Crippen LogP contribution in [0.2, 0.25) is 0 Å². The Kier molecular flexibility index (Phi) is 8.34. The molecule has 0 fully saturated rings. The van der Waals surface area contributed by atoms with E-state index in [4.69, 9.17) is 4.74 Å². The van der Waals surface area contributed by atoms with Gasteiger partial charge in [0.2, 0.25) is 0 Å². The summed E-state index contributed by atoms with van der Waals surface area (Å²) < 4.78 is 6.00. The summed E-state index contributed by atoms with van der Waals surface area (Å²) in [5, 5.41) is 4.33. The van der Waals surface area contributed by atoms with E-state index in [1.807, 2.05) is 0 Å². The molecule has 0 saturated carbocycles. The number of rotatable bonds is 11. The maximum absolute atomic E-state index is 6.00. The van der Waals surface area contributed by atoms with Gasteiger partial charge in [-0.15, -0.1) is 0 Å². The van der Waals surface area contributed by atoms with E-state index in [0.29, 0.717) is 0 Å². The first-order valence-electron chi connectivity index (χ1n) is 12.2. The van der Waals surface area contributed by atoms with E-state index < -0.39 is 7.26 Å². The average Bonchev–Trinajstić information content (AvgIpc) is 2.89. The topological polar surface area (TPSA) is 9.23 Å². The van der Waals surface area contributed by atoms with Crippen LogP contribution < -0.4 is 20.7 Å². The van der Waals surface area contributed by atoms with Crippen LogP contribution in [0.3, 0.4) is 0 Å². The Hall–Kier alpha value is -2.89. The Balaban J connectivity index is 1.68. The number of ether oxygens (including phenoxy) is 1. The van der Waals surface area contributed by atoms with E-state index in [2.05, 4.69) is 122 Å². The molecule has 0 aliphatic carbocycles. The van der Waals surface area contributed by atoms with Crippen molar-refractivity contribution < 1.29 is 4.74 Å². The second-order valence-electron chi connectivity index (χ2n) is 8.73. The Labute approximate surface area is 199 Å². The van der Waals surface area contributed by atoms with Crippen molar-refractivity contribution in [3.63, 3.8) is 0 Å². The zero-order valence-corrected chi connectivity index (χ0v) is 20.6. The monoisotopic (exact) mass is 454 g/mol. The second-order valence-corrected chi connectivity index (χ2v) is 12.6. The van der Waals surface area contributed by atoms with E-state index >= 15 is 0 Å². The predicted octanol–water partition coefficient (Wildman–Crippen LogP) is 6.87. The van der Waals surface area contributed by atoms with Crippen LogP contribution >= 0.6 is 7.26 Å². The SMILES string of the molecule is CCCCCCOc1ccc(C[PH](c2ccccc2)(c2ccccc2)c2ccccc2)cc1. The van der Waals surface area contributed by atoms with Gasteiger partial charge < -0.3 is 0 Å². The zero-order valence-electron chi connectivity index (χ0n) is 19.6. The zero-order chi connectivity index (χ0) is 22.8. The fourth-order valence-electron chi connectivity index (χ4n) is 4.70. The van der Waals surface area contributed by atoms with Gasteiger partial charge in [-0.3, -0.25) is 0 Å². The number of hydrogen-bond acceptors (Lipinski definition) is 1. The third kappa shape index (κ3) is 5.73. The summed E-state index contributed by atoms with van der Waals surface area (Å²) in [5.41, 5.74) is 1.36. The van der Waals surface area contributed by atoms with Gasteiger partial charge in [-0.05, 0) is 0 Å². The quantitative estimate of drug-likeness (QED) is 0.177. The summed E-state index contributed by atoms with van der Waals surface area (Å²) in [6.45, 7) is 3.04. The van der Waals surface area contributed by atoms with Crippen LogP contribution in [0, 0.1) is 0 Å². The minimum atomic E-state index is -2.26. The minimum absolute atomic E-state index is 0.802. The van der Waals surface area contributed by atoms with Crippen LogP contribution in [0.25, 0.3) is 0 Å². The molecule has 0 atom stereocenters. The van der Waals surface area contributed by atoms with E-state index in [-0.39, 0.29) is 0 Å². The van der Waals surface area contributed by atoms with Crippen molar-refractivity contribution in [2.45, 2.75) is 38.8 Å². The summed E-state index contributed by atoms with van der Waals surface area (Å²) >= 11 is 0. The summed E-state index contributed by atoms with van der Waals surface area (Å²) in [4.78, 5) is 0. The number of benzene rings is 4. The fourth-order valence-corrected chi connectivity index (χ4v) is 9.45. The molecule has 0 heterocycles. The first kappa shape index (κ1) is 23.3. The molecule has 0 radical (unpaired) electrons. The van der Waals surface area contributed by atoms with Crippen molar-refractivity contribution in [2.75, 3.05) is 6.61 Å². The summed E-state index contributed by atoms with van der Waals surface area (Å²) in [7, 11) is -2.26. The van der Waals surface area contributed by atoms with Crippen molar-refractivity contribution in [3.8, 4) is 5.75 Å². The van der Waals surface area contributed by atoms with E-state index in [1.165, 1.54) is 40.7 Å². The van der Waals surface area contributed by atoms with Crippen molar-refractivity contribution in [1.29, 1.82) is 0 Å². The third-order valence-corrected chi connectivity index (χ3v) is 11.4. The predicted molar refractivity (Wildman–Crippen MR) is 146 cm³/mol. The van der Waals surface area contributed by atoms with Crippen LogP contribution in [-0.2, 0) is 6.16 Å². The van der Waals surface area contributed by atoms with Gasteiger partial charge >= 0.3 is 200 Å². The maximum atomic E-state index is 6.00. The molecule has 0 aliphatic heterocycles. The van der Waals surface area contributed by atoms with E-state index in [1.54, 1.807) is 0 Å². The molecule has 0 bridgehead atoms. The van der Waals surface area contributed by atoms with Gasteiger partial charge in [-0.25, -0.2) is 0 Å². The number of hydrogen-bond donors (Lipinski definition) is 0. The Morgan fingerprint density at radius 1 is 0.545 bits per heavy atom. The van der Waals surface area contributed by atoms with Crippen LogP contribution in [-0.4, -0.2) is 6.61 Å². The van der Waals surface area contributed by atoms with Gasteiger partial charge in [-0.2, -0.15) is 0 Å². The molecule has 4 aromatic carbocycles. The van der Waals surface area contributed by atoms with E-state index in [0.717, 1.165) is 24.9 Å². The molecule has 4 aromatic rings. The first-order chi connectivity index (χ1) is 16.3. The Morgan fingerprint density at radius 3 is 1.48 bits per heavy atom. The second kappa shape index (κ2) is 11.8. The van der Waals surface area contributed by atoms with Crippen LogP contribution in [0.15, 0.2) is 115 Å². The molecule has 170 valence electrons. The van der Waals surface area contributed by atoms with Crippen LogP contribution in [0.5, 0.6) is 5.75 Å². The molecule has 0 unspecified atom stereocenters. The Bertz CT molecular complexity index is 979. The molecule has 0 aromatic heterocycles. The standard InChI is InChI=1S/C31H35OP/c1-2-3-4-14-25-32-28-23-21-27(22-24-28)26-33(29-15-8-5-9-16-29,30-17-10-6-11-18-30)31-19-12-7-13-20-31/h5-13,15-24,33H,2-4,14,25-26H2,1H3. The molecule has 0 amide bonds. The third-order valence-electron chi connectivity index (χ3n) is 6.46. The average molecular weight is 455 g/mol. The van der Waals surface area contributed by atoms with Crippen LogP contribution in [0.1, 0.15) is 38.2 Å². The molecule has 0 aliphatic rings.